The van der Waals surface area contributed by atoms with E-state index in [0.29, 0.717) is 19.4 Å². The molecule has 3 aliphatic rings. The molecule has 0 aliphatic carbocycles. The number of carbonyl (C=O) groups is 3. The van der Waals surface area contributed by atoms with E-state index in [1.54, 1.807) is 4.90 Å². The number of piperidine rings is 1. The second-order valence-corrected chi connectivity index (χ2v) is 14.9. The number of nitrogens with two attached hydrogens (primary N) is 1. The lowest BCUT2D eigenvalue weighted by molar-refractivity contribution is -0.133. The van der Waals surface area contributed by atoms with Gasteiger partial charge in [0, 0.05) is 62.0 Å². The number of fused-ring (bicyclic) bond motifs is 3. The molecule has 47 heavy (non-hydrogen) atoms. The van der Waals surface area contributed by atoms with E-state index in [1.165, 1.54) is 18.4 Å². The zero-order chi connectivity index (χ0) is 34.0. The SMILES string of the molecule is COC(=O)NC1Cc2ccccc2N(C(=O)CC(C)(C)C[C@H](N)[C@@H](O)CNC(=O)C(C)(C)N2CCC3(CC2)CNc2ccccc23)C1. The van der Waals surface area contributed by atoms with E-state index in [1.807, 2.05) is 52.0 Å². The molecule has 256 valence electrons. The second-order valence-electron chi connectivity index (χ2n) is 14.9. The molecule has 5 rings (SSSR count). The third-order valence-corrected chi connectivity index (χ3v) is 10.5. The maximum absolute atomic E-state index is 13.7. The van der Waals surface area contributed by atoms with Crippen LogP contribution in [0.3, 0.4) is 0 Å². The first-order valence-corrected chi connectivity index (χ1v) is 16.8. The summed E-state index contributed by atoms with van der Waals surface area (Å²) in [6, 6.07) is 15.3. The summed E-state index contributed by atoms with van der Waals surface area (Å²) in [6.45, 7) is 10.7. The maximum atomic E-state index is 13.7. The third kappa shape index (κ3) is 7.58. The summed E-state index contributed by atoms with van der Waals surface area (Å²) in [6.07, 6.45) is 1.61. The number of likely N-dealkylation sites (tertiary alicyclic amines) is 1. The largest absolute Gasteiger partial charge is 0.453 e. The molecule has 11 heteroatoms. The average Bonchev–Trinajstić information content (AvgIpc) is 3.40. The van der Waals surface area contributed by atoms with Crippen LogP contribution < -0.4 is 26.6 Å². The van der Waals surface area contributed by atoms with Gasteiger partial charge in [-0.1, -0.05) is 50.2 Å². The number of ether oxygens (including phenoxy) is 1. The van der Waals surface area contributed by atoms with Crippen LogP contribution in [-0.4, -0.2) is 91.5 Å². The zero-order valence-corrected chi connectivity index (χ0v) is 28.5. The van der Waals surface area contributed by atoms with E-state index in [9.17, 15) is 19.5 Å². The summed E-state index contributed by atoms with van der Waals surface area (Å²) in [4.78, 5) is 42.9. The molecule has 3 amide bonds. The number of nitrogens with one attached hydrogen (secondary N) is 3. The molecule has 3 aliphatic heterocycles. The van der Waals surface area contributed by atoms with E-state index >= 15 is 0 Å². The number of hydrogen-bond donors (Lipinski definition) is 5. The molecule has 6 N–H and O–H groups in total. The van der Waals surface area contributed by atoms with E-state index in [2.05, 4.69) is 45.1 Å². The van der Waals surface area contributed by atoms with Crippen LogP contribution in [0.15, 0.2) is 48.5 Å². The highest BCUT2D eigenvalue weighted by atomic mass is 16.5. The number of rotatable bonds is 10. The van der Waals surface area contributed by atoms with Gasteiger partial charge in [0.1, 0.15) is 0 Å². The molecule has 1 fully saturated rings. The molecular formula is C36H52N6O5. The van der Waals surface area contributed by atoms with Crippen LogP contribution in [0.4, 0.5) is 16.2 Å². The number of para-hydroxylation sites is 2. The van der Waals surface area contributed by atoms with Crippen molar-refractivity contribution in [3.8, 4) is 0 Å². The van der Waals surface area contributed by atoms with Crippen LogP contribution in [0.2, 0.25) is 0 Å². The number of aliphatic hydroxyl groups is 1. The van der Waals surface area contributed by atoms with Gasteiger partial charge >= 0.3 is 6.09 Å². The highest BCUT2D eigenvalue weighted by Crippen LogP contribution is 2.44. The summed E-state index contributed by atoms with van der Waals surface area (Å²) >= 11 is 0. The number of anilines is 2. The first kappa shape index (κ1) is 34.7. The number of hydrogen-bond acceptors (Lipinski definition) is 8. The molecule has 3 atom stereocenters. The molecule has 3 heterocycles. The van der Waals surface area contributed by atoms with Crippen molar-refractivity contribution < 1.29 is 24.2 Å². The Kier molecular flexibility index (Phi) is 10.2. The standard InChI is InChI=1S/C36H52N6O5/c1-34(2,20-31(44)42-22-25(40-33(46)47-5)18-24-10-6-9-13-29(24)42)19-27(37)30(43)21-38-32(45)35(3,4)41-16-14-36(15-17-41)23-39-28-12-8-7-11-26(28)36/h6-13,25,27,30,39,43H,14-23,37H2,1-5H3,(H,38,45)(H,40,46)/t25?,27-,30-/m0/s1. The van der Waals surface area contributed by atoms with Crippen molar-refractivity contribution in [3.05, 3.63) is 59.7 Å². The van der Waals surface area contributed by atoms with Crippen LogP contribution in [0.1, 0.15) is 64.5 Å². The quantitative estimate of drug-likeness (QED) is 0.264. The highest BCUT2D eigenvalue weighted by Gasteiger charge is 2.45. The van der Waals surface area contributed by atoms with Crippen molar-refractivity contribution in [2.45, 2.75) is 88.9 Å². The van der Waals surface area contributed by atoms with Gasteiger partial charge in [-0.15, -0.1) is 0 Å². The molecule has 11 nitrogen and oxygen atoms in total. The molecular weight excluding hydrogens is 596 g/mol. The van der Waals surface area contributed by atoms with Crippen LogP contribution in [0.25, 0.3) is 0 Å². The predicted molar refractivity (Wildman–Crippen MR) is 183 cm³/mol. The van der Waals surface area contributed by atoms with Crippen molar-refractivity contribution >= 4 is 29.3 Å². The van der Waals surface area contributed by atoms with E-state index in [0.717, 1.165) is 43.7 Å². The number of benzene rings is 2. The minimum atomic E-state index is -0.973. The molecule has 1 saturated heterocycles. The maximum Gasteiger partial charge on any atom is 0.407 e. The Morgan fingerprint density at radius 2 is 1.77 bits per heavy atom. The lowest BCUT2D eigenvalue weighted by Gasteiger charge is -2.45. The van der Waals surface area contributed by atoms with Crippen LogP contribution in [0, 0.1) is 5.41 Å². The van der Waals surface area contributed by atoms with Crippen LogP contribution >= 0.6 is 0 Å². The fourth-order valence-corrected chi connectivity index (χ4v) is 7.61. The first-order chi connectivity index (χ1) is 22.2. The first-order valence-electron chi connectivity index (χ1n) is 16.8. The molecule has 0 saturated carbocycles. The van der Waals surface area contributed by atoms with Gasteiger partial charge in [0.25, 0.3) is 0 Å². The van der Waals surface area contributed by atoms with Gasteiger partial charge in [0.2, 0.25) is 11.8 Å². The van der Waals surface area contributed by atoms with Gasteiger partial charge in [-0.2, -0.15) is 0 Å². The van der Waals surface area contributed by atoms with Crippen molar-refractivity contribution in [3.63, 3.8) is 0 Å². The number of carbonyl (C=O) groups excluding carboxylic acids is 3. The topological polar surface area (TPSA) is 149 Å². The third-order valence-electron chi connectivity index (χ3n) is 10.5. The highest BCUT2D eigenvalue weighted by molar-refractivity contribution is 5.95. The number of methoxy groups -OCH3 is 1. The predicted octanol–water partition coefficient (Wildman–Crippen LogP) is 3.15. The summed E-state index contributed by atoms with van der Waals surface area (Å²) in [5.74, 6) is -0.228. The summed E-state index contributed by atoms with van der Waals surface area (Å²) < 4.78 is 4.77. The average molecular weight is 649 g/mol. The summed E-state index contributed by atoms with van der Waals surface area (Å²) in [5, 5.41) is 20.3. The van der Waals surface area contributed by atoms with Gasteiger partial charge in [0.15, 0.2) is 0 Å². The fraction of sp³-hybridized carbons (Fsp3) is 0.583. The number of alkyl carbamates (subject to hydrolysis) is 1. The molecule has 1 spiro atoms. The Hall–Kier alpha value is -3.67. The number of aliphatic hydroxyl groups excluding tert-OH is 1. The van der Waals surface area contributed by atoms with Crippen molar-refractivity contribution in [1.82, 2.24) is 15.5 Å². The molecule has 2 aromatic rings. The molecule has 1 unspecified atom stereocenters. The summed E-state index contributed by atoms with van der Waals surface area (Å²) in [7, 11) is 1.32. The minimum Gasteiger partial charge on any atom is -0.453 e. The van der Waals surface area contributed by atoms with E-state index in [-0.39, 0.29) is 36.2 Å². The van der Waals surface area contributed by atoms with Gasteiger partial charge < -0.3 is 36.4 Å². The van der Waals surface area contributed by atoms with E-state index in [4.69, 9.17) is 10.5 Å². The minimum absolute atomic E-state index is 0.0307. The Labute approximate surface area is 278 Å². The van der Waals surface area contributed by atoms with Crippen molar-refractivity contribution in [2.75, 3.05) is 50.1 Å². The van der Waals surface area contributed by atoms with Crippen LogP contribution in [-0.2, 0) is 26.2 Å². The second kappa shape index (κ2) is 13.8. The normalized spacial score (nSPS) is 20.4. The lowest BCUT2D eigenvalue weighted by Crippen LogP contribution is -2.60. The Balaban J connectivity index is 1.12. The number of amides is 3. The van der Waals surface area contributed by atoms with Gasteiger partial charge in [-0.25, -0.2) is 4.79 Å². The van der Waals surface area contributed by atoms with E-state index < -0.39 is 29.2 Å². The molecule has 0 aromatic heterocycles. The van der Waals surface area contributed by atoms with Crippen molar-refractivity contribution in [1.29, 1.82) is 0 Å². The lowest BCUT2D eigenvalue weighted by atomic mass is 9.73. The smallest absolute Gasteiger partial charge is 0.407 e. The van der Waals surface area contributed by atoms with Gasteiger partial charge in [0.05, 0.1) is 24.8 Å². The van der Waals surface area contributed by atoms with Gasteiger partial charge in [-0.05, 0) is 68.2 Å². The van der Waals surface area contributed by atoms with Crippen molar-refractivity contribution in [2.24, 2.45) is 11.1 Å². The monoisotopic (exact) mass is 648 g/mol. The fourth-order valence-electron chi connectivity index (χ4n) is 7.61. The molecule has 0 bridgehead atoms. The Morgan fingerprint density at radius 1 is 1.09 bits per heavy atom. The molecule has 2 aromatic carbocycles. The summed E-state index contributed by atoms with van der Waals surface area (Å²) in [5.41, 5.74) is 9.70. The zero-order valence-electron chi connectivity index (χ0n) is 28.5. The number of nitrogens with zero attached hydrogens (tertiary/aromatic N) is 2. The Morgan fingerprint density at radius 3 is 2.49 bits per heavy atom. The van der Waals surface area contributed by atoms with Crippen LogP contribution in [0.5, 0.6) is 0 Å². The molecule has 0 radical (unpaired) electrons. The Bertz CT molecular complexity index is 1450. The van der Waals surface area contributed by atoms with Gasteiger partial charge in [-0.3, -0.25) is 14.5 Å².